The van der Waals surface area contributed by atoms with Crippen LogP contribution in [0.4, 0.5) is 5.69 Å². The zero-order valence-corrected chi connectivity index (χ0v) is 12.1. The molecule has 3 nitrogen and oxygen atoms in total. The summed E-state index contributed by atoms with van der Waals surface area (Å²) in [6.07, 6.45) is 0. The van der Waals surface area contributed by atoms with Crippen LogP contribution < -0.4 is 10.5 Å². The molecule has 5 heteroatoms. The fourth-order valence-corrected chi connectivity index (χ4v) is 3.37. The fourth-order valence-electron chi connectivity index (χ4n) is 1.55. The van der Waals surface area contributed by atoms with E-state index in [-0.39, 0.29) is 0 Å². The third kappa shape index (κ3) is 3.40. The van der Waals surface area contributed by atoms with E-state index in [9.17, 15) is 0 Å². The number of nitrogens with two attached hydrogens (primary N) is 1. The van der Waals surface area contributed by atoms with Crippen molar-refractivity contribution in [1.82, 2.24) is 4.98 Å². The number of nitrogens with zero attached hydrogens (tertiary/aromatic N) is 1. The lowest BCUT2D eigenvalue weighted by Gasteiger charge is -2.10. The number of hydrogen-bond acceptors (Lipinski definition) is 5. The van der Waals surface area contributed by atoms with Crippen molar-refractivity contribution < 1.29 is 4.74 Å². The van der Waals surface area contributed by atoms with Gasteiger partial charge in [-0.3, -0.25) is 0 Å². The summed E-state index contributed by atoms with van der Waals surface area (Å²) >= 11 is 3.39. The molecule has 1 aromatic heterocycles. The lowest BCUT2D eigenvalue weighted by Crippen LogP contribution is -1.97. The number of anilines is 1. The van der Waals surface area contributed by atoms with Gasteiger partial charge in [0.2, 0.25) is 0 Å². The SMILES string of the molecule is CCOc1ccc(N)cc1CSc1nc(C)cs1. The highest BCUT2D eigenvalue weighted by Crippen LogP contribution is 2.31. The van der Waals surface area contributed by atoms with E-state index in [1.165, 1.54) is 0 Å². The van der Waals surface area contributed by atoms with Gasteiger partial charge in [0.15, 0.2) is 0 Å². The highest BCUT2D eigenvalue weighted by atomic mass is 32.2. The van der Waals surface area contributed by atoms with Gasteiger partial charge in [0.25, 0.3) is 0 Å². The molecule has 0 unspecified atom stereocenters. The van der Waals surface area contributed by atoms with E-state index in [1.54, 1.807) is 23.1 Å². The van der Waals surface area contributed by atoms with Gasteiger partial charge in [-0.25, -0.2) is 4.98 Å². The Bertz CT molecular complexity index is 525. The molecule has 0 fully saturated rings. The van der Waals surface area contributed by atoms with Crippen LogP contribution in [0.5, 0.6) is 5.75 Å². The molecule has 18 heavy (non-hydrogen) atoms. The number of nitrogen functional groups attached to an aromatic ring is 1. The van der Waals surface area contributed by atoms with Crippen molar-refractivity contribution in [1.29, 1.82) is 0 Å². The largest absolute Gasteiger partial charge is 0.494 e. The summed E-state index contributed by atoms with van der Waals surface area (Å²) in [7, 11) is 0. The first-order chi connectivity index (χ1) is 8.69. The van der Waals surface area contributed by atoms with Gasteiger partial charge in [-0.15, -0.1) is 11.3 Å². The molecule has 0 radical (unpaired) electrons. The van der Waals surface area contributed by atoms with Crippen LogP contribution in [0, 0.1) is 6.92 Å². The van der Waals surface area contributed by atoms with Gasteiger partial charge in [0.1, 0.15) is 10.1 Å². The van der Waals surface area contributed by atoms with Gasteiger partial charge in [0, 0.05) is 28.1 Å². The molecule has 2 N–H and O–H groups in total. The predicted molar refractivity (Wildman–Crippen MR) is 78.4 cm³/mol. The molecule has 0 saturated heterocycles. The normalized spacial score (nSPS) is 10.6. The first kappa shape index (κ1) is 13.2. The summed E-state index contributed by atoms with van der Waals surface area (Å²) in [4.78, 5) is 4.43. The fraction of sp³-hybridized carbons (Fsp3) is 0.308. The van der Waals surface area contributed by atoms with Gasteiger partial charge in [-0.1, -0.05) is 11.8 Å². The second kappa shape index (κ2) is 6.11. The Morgan fingerprint density at radius 3 is 2.94 bits per heavy atom. The molecule has 0 aliphatic rings. The van der Waals surface area contributed by atoms with Crippen molar-refractivity contribution in [2.24, 2.45) is 0 Å². The van der Waals surface area contributed by atoms with Crippen LogP contribution in [0.2, 0.25) is 0 Å². The molecule has 0 spiro atoms. The number of aromatic nitrogens is 1. The van der Waals surface area contributed by atoms with Gasteiger partial charge in [-0.05, 0) is 32.0 Å². The highest BCUT2D eigenvalue weighted by molar-refractivity contribution is 8.00. The van der Waals surface area contributed by atoms with E-state index in [0.717, 1.165) is 32.8 Å². The number of aryl methyl sites for hydroxylation is 1. The van der Waals surface area contributed by atoms with Gasteiger partial charge in [0.05, 0.1) is 6.61 Å². The molecule has 1 heterocycles. The Morgan fingerprint density at radius 2 is 2.28 bits per heavy atom. The van der Waals surface area contributed by atoms with Crippen LogP contribution in [0.25, 0.3) is 0 Å². The molecular weight excluding hydrogens is 264 g/mol. The summed E-state index contributed by atoms with van der Waals surface area (Å²) in [5, 5.41) is 2.06. The van der Waals surface area contributed by atoms with Gasteiger partial charge >= 0.3 is 0 Å². The first-order valence-electron chi connectivity index (χ1n) is 5.75. The third-order valence-electron chi connectivity index (χ3n) is 2.33. The molecule has 0 saturated carbocycles. The number of thiazole rings is 1. The molecule has 0 aliphatic carbocycles. The third-order valence-corrected chi connectivity index (χ3v) is 4.52. The molecule has 96 valence electrons. The van der Waals surface area contributed by atoms with Crippen LogP contribution in [0.1, 0.15) is 18.2 Å². The van der Waals surface area contributed by atoms with E-state index < -0.39 is 0 Å². The number of rotatable bonds is 5. The lowest BCUT2D eigenvalue weighted by molar-refractivity contribution is 0.337. The van der Waals surface area contributed by atoms with Crippen LogP contribution in [0.15, 0.2) is 27.9 Å². The van der Waals surface area contributed by atoms with E-state index in [4.69, 9.17) is 10.5 Å². The minimum absolute atomic E-state index is 0.665. The van der Waals surface area contributed by atoms with Crippen molar-refractivity contribution >= 4 is 28.8 Å². The zero-order valence-electron chi connectivity index (χ0n) is 10.5. The maximum atomic E-state index is 5.82. The molecule has 2 rings (SSSR count). The molecule has 0 bridgehead atoms. The quantitative estimate of drug-likeness (QED) is 0.670. The Kier molecular flexibility index (Phi) is 4.49. The predicted octanol–water partition coefficient (Wildman–Crippen LogP) is 3.72. The second-order valence-electron chi connectivity index (χ2n) is 3.84. The number of thioether (sulfide) groups is 1. The Hall–Kier alpha value is -1.20. The maximum Gasteiger partial charge on any atom is 0.150 e. The summed E-state index contributed by atoms with van der Waals surface area (Å²) in [6, 6.07) is 5.77. The minimum atomic E-state index is 0.665. The van der Waals surface area contributed by atoms with Crippen LogP contribution in [0.3, 0.4) is 0 Å². The van der Waals surface area contributed by atoms with E-state index in [1.807, 2.05) is 32.0 Å². The zero-order chi connectivity index (χ0) is 13.0. The highest BCUT2D eigenvalue weighted by Gasteiger charge is 2.06. The molecule has 2 aromatic rings. The molecule has 0 amide bonds. The Balaban J connectivity index is 2.09. The number of ether oxygens (including phenoxy) is 1. The average molecular weight is 280 g/mol. The molecule has 0 aliphatic heterocycles. The topological polar surface area (TPSA) is 48.1 Å². The summed E-state index contributed by atoms with van der Waals surface area (Å²) < 4.78 is 6.68. The second-order valence-corrected chi connectivity index (χ2v) is 5.92. The van der Waals surface area contributed by atoms with Crippen LogP contribution in [-0.2, 0) is 5.75 Å². The maximum absolute atomic E-state index is 5.82. The summed E-state index contributed by atoms with van der Waals surface area (Å²) in [5.41, 5.74) is 8.78. The number of hydrogen-bond donors (Lipinski definition) is 1. The monoisotopic (exact) mass is 280 g/mol. The van der Waals surface area contributed by atoms with Crippen molar-refractivity contribution in [3.8, 4) is 5.75 Å². The lowest BCUT2D eigenvalue weighted by atomic mass is 10.2. The van der Waals surface area contributed by atoms with Crippen molar-refractivity contribution in [2.75, 3.05) is 12.3 Å². The first-order valence-corrected chi connectivity index (χ1v) is 7.61. The smallest absolute Gasteiger partial charge is 0.150 e. The van der Waals surface area contributed by atoms with E-state index >= 15 is 0 Å². The Labute approximate surface area is 115 Å². The molecule has 1 aromatic carbocycles. The summed E-state index contributed by atoms with van der Waals surface area (Å²) in [5.74, 6) is 1.74. The van der Waals surface area contributed by atoms with E-state index in [0.29, 0.717) is 6.61 Å². The Morgan fingerprint density at radius 1 is 1.44 bits per heavy atom. The van der Waals surface area contributed by atoms with Crippen molar-refractivity contribution in [2.45, 2.75) is 23.9 Å². The van der Waals surface area contributed by atoms with E-state index in [2.05, 4.69) is 10.4 Å². The van der Waals surface area contributed by atoms with Crippen molar-refractivity contribution in [3.63, 3.8) is 0 Å². The van der Waals surface area contributed by atoms with Crippen LogP contribution in [-0.4, -0.2) is 11.6 Å². The number of benzene rings is 1. The van der Waals surface area contributed by atoms with Gasteiger partial charge < -0.3 is 10.5 Å². The van der Waals surface area contributed by atoms with Gasteiger partial charge in [-0.2, -0.15) is 0 Å². The van der Waals surface area contributed by atoms with Crippen LogP contribution >= 0.6 is 23.1 Å². The molecular formula is C13H16N2OS2. The summed E-state index contributed by atoms with van der Waals surface area (Å²) in [6.45, 7) is 4.65. The minimum Gasteiger partial charge on any atom is -0.494 e. The standard InChI is InChI=1S/C13H16N2OS2/c1-3-16-12-5-4-11(14)6-10(12)8-18-13-15-9(2)7-17-13/h4-7H,3,8,14H2,1-2H3. The molecule has 0 atom stereocenters. The van der Waals surface area contributed by atoms with Crippen molar-refractivity contribution in [3.05, 3.63) is 34.8 Å². The average Bonchev–Trinajstić information content (AvgIpc) is 2.76.